The maximum atomic E-state index is 12.5. The molecule has 1 aliphatic heterocycles. The van der Waals surface area contributed by atoms with Gasteiger partial charge in [-0.3, -0.25) is 9.59 Å². The highest BCUT2D eigenvalue weighted by atomic mass is 32.1. The Morgan fingerprint density at radius 2 is 1.89 bits per heavy atom. The fourth-order valence-electron chi connectivity index (χ4n) is 4.28. The number of carbonyl (C=O) groups excluding carboxylic acids is 2. The highest BCUT2D eigenvalue weighted by Crippen LogP contribution is 2.42. The van der Waals surface area contributed by atoms with Gasteiger partial charge in [-0.25, -0.2) is 0 Å². The van der Waals surface area contributed by atoms with Crippen molar-refractivity contribution in [2.45, 2.75) is 32.6 Å². The van der Waals surface area contributed by atoms with Crippen LogP contribution in [-0.4, -0.2) is 29.8 Å². The molecule has 2 aromatic rings. The lowest BCUT2D eigenvalue weighted by Gasteiger charge is -2.40. The first-order valence-corrected chi connectivity index (χ1v) is 10.6. The van der Waals surface area contributed by atoms with Gasteiger partial charge in [-0.15, -0.1) is 11.3 Å². The molecule has 2 fully saturated rings. The number of hydrogen-bond donors (Lipinski definition) is 1. The van der Waals surface area contributed by atoms with Gasteiger partial charge in [0.15, 0.2) is 0 Å². The molecule has 1 saturated carbocycles. The molecule has 0 bridgehead atoms. The first kappa shape index (κ1) is 18.2. The number of thiophene rings is 1. The van der Waals surface area contributed by atoms with Crippen LogP contribution >= 0.6 is 11.3 Å². The molecule has 142 valence electrons. The van der Waals surface area contributed by atoms with Crippen LogP contribution in [0, 0.1) is 17.3 Å². The number of primary amides is 1. The smallest absolute Gasteiger partial charge is 0.225 e. The van der Waals surface area contributed by atoms with Crippen LogP contribution in [0.1, 0.15) is 31.7 Å². The minimum atomic E-state index is -0.570. The van der Waals surface area contributed by atoms with E-state index in [0.717, 1.165) is 12.0 Å². The number of likely N-dealkylation sites (tertiary alicyclic amines) is 1. The molecular formula is C22H26N2O2S. The van der Waals surface area contributed by atoms with Gasteiger partial charge in [0.2, 0.25) is 11.8 Å². The average Bonchev–Trinajstić information content (AvgIpc) is 3.17. The second-order valence-electron chi connectivity index (χ2n) is 8.10. The summed E-state index contributed by atoms with van der Waals surface area (Å²) in [4.78, 5) is 28.2. The molecule has 5 heteroatoms. The molecule has 27 heavy (non-hydrogen) atoms. The zero-order valence-electron chi connectivity index (χ0n) is 15.7. The Balaban J connectivity index is 1.53. The van der Waals surface area contributed by atoms with Crippen LogP contribution in [0.3, 0.4) is 0 Å². The SMILES string of the molecule is C[C@H]1C[C@@H]1C(=O)N1CCC(Cc2ccccc2-c2cccs2)(C(N)=O)CC1. The molecule has 1 saturated heterocycles. The minimum Gasteiger partial charge on any atom is -0.369 e. The van der Waals surface area contributed by atoms with Crippen LogP contribution in [-0.2, 0) is 16.0 Å². The van der Waals surface area contributed by atoms with E-state index in [1.165, 1.54) is 10.4 Å². The van der Waals surface area contributed by atoms with Gasteiger partial charge in [0.1, 0.15) is 0 Å². The van der Waals surface area contributed by atoms with Gasteiger partial charge in [-0.2, -0.15) is 0 Å². The van der Waals surface area contributed by atoms with E-state index in [9.17, 15) is 9.59 Å². The largest absolute Gasteiger partial charge is 0.369 e. The van der Waals surface area contributed by atoms with Crippen LogP contribution in [0.25, 0.3) is 10.4 Å². The molecule has 0 spiro atoms. The standard InChI is InChI=1S/C22H26N2O2S/c1-15-13-18(15)20(25)24-10-8-22(9-11-24,21(23)26)14-16-5-2-3-6-17(16)19-7-4-12-27-19/h2-7,12,15,18H,8-11,13-14H2,1H3,(H2,23,26)/t15-,18-/m0/s1. The maximum absolute atomic E-state index is 12.5. The molecule has 2 atom stereocenters. The number of amides is 2. The van der Waals surface area contributed by atoms with Gasteiger partial charge in [0, 0.05) is 23.9 Å². The van der Waals surface area contributed by atoms with Gasteiger partial charge < -0.3 is 10.6 Å². The van der Waals surface area contributed by atoms with Gasteiger partial charge in [-0.05, 0) is 54.2 Å². The Labute approximate surface area is 164 Å². The predicted molar refractivity (Wildman–Crippen MR) is 108 cm³/mol. The van der Waals surface area contributed by atoms with Gasteiger partial charge in [-0.1, -0.05) is 37.3 Å². The first-order chi connectivity index (χ1) is 13.0. The maximum Gasteiger partial charge on any atom is 0.225 e. The summed E-state index contributed by atoms with van der Waals surface area (Å²) in [7, 11) is 0. The molecule has 1 aromatic carbocycles. The second-order valence-corrected chi connectivity index (χ2v) is 9.05. The highest BCUT2D eigenvalue weighted by molar-refractivity contribution is 7.13. The van der Waals surface area contributed by atoms with Gasteiger partial charge in [0.05, 0.1) is 5.41 Å². The molecule has 4 nitrogen and oxygen atoms in total. The fourth-order valence-corrected chi connectivity index (χ4v) is 5.06. The predicted octanol–water partition coefficient (Wildman–Crippen LogP) is 3.71. The number of carbonyl (C=O) groups is 2. The number of hydrogen-bond acceptors (Lipinski definition) is 3. The van der Waals surface area contributed by atoms with E-state index in [2.05, 4.69) is 30.5 Å². The van der Waals surface area contributed by atoms with E-state index in [4.69, 9.17) is 5.73 Å². The van der Waals surface area contributed by atoms with Crippen LogP contribution in [0.4, 0.5) is 0 Å². The Bertz CT molecular complexity index is 838. The van der Waals surface area contributed by atoms with Crippen molar-refractivity contribution in [3.8, 4) is 10.4 Å². The number of benzene rings is 1. The van der Waals surface area contributed by atoms with E-state index < -0.39 is 5.41 Å². The Morgan fingerprint density at radius 1 is 1.19 bits per heavy atom. The van der Waals surface area contributed by atoms with E-state index in [-0.39, 0.29) is 17.7 Å². The van der Waals surface area contributed by atoms with Crippen molar-refractivity contribution in [3.63, 3.8) is 0 Å². The van der Waals surface area contributed by atoms with Crippen LogP contribution in [0.2, 0.25) is 0 Å². The lowest BCUT2D eigenvalue weighted by Crippen LogP contribution is -2.50. The normalized spacial score (nSPS) is 23.8. The quantitative estimate of drug-likeness (QED) is 0.857. The van der Waals surface area contributed by atoms with Crippen molar-refractivity contribution in [1.29, 1.82) is 0 Å². The second kappa shape index (κ2) is 7.12. The van der Waals surface area contributed by atoms with Gasteiger partial charge in [0.25, 0.3) is 0 Å². The molecule has 2 N–H and O–H groups in total. The summed E-state index contributed by atoms with van der Waals surface area (Å²) >= 11 is 1.71. The zero-order chi connectivity index (χ0) is 19.0. The highest BCUT2D eigenvalue weighted by Gasteiger charge is 2.46. The lowest BCUT2D eigenvalue weighted by molar-refractivity contribution is -0.140. The summed E-state index contributed by atoms with van der Waals surface area (Å²) in [6.45, 7) is 3.39. The fraction of sp³-hybridized carbons (Fsp3) is 0.455. The first-order valence-electron chi connectivity index (χ1n) is 9.71. The van der Waals surface area contributed by atoms with Crippen LogP contribution in [0.15, 0.2) is 41.8 Å². The number of rotatable bonds is 5. The van der Waals surface area contributed by atoms with E-state index in [0.29, 0.717) is 38.3 Å². The molecular weight excluding hydrogens is 356 g/mol. The van der Waals surface area contributed by atoms with E-state index >= 15 is 0 Å². The van der Waals surface area contributed by atoms with E-state index in [1.807, 2.05) is 23.1 Å². The zero-order valence-corrected chi connectivity index (χ0v) is 16.5. The molecule has 2 amide bonds. The Hall–Kier alpha value is -2.14. The van der Waals surface area contributed by atoms with Crippen molar-refractivity contribution in [2.24, 2.45) is 23.0 Å². The summed E-state index contributed by atoms with van der Waals surface area (Å²) in [5.74, 6) is 0.735. The third-order valence-electron chi connectivity index (χ3n) is 6.31. The van der Waals surface area contributed by atoms with Crippen molar-refractivity contribution >= 4 is 23.2 Å². The van der Waals surface area contributed by atoms with Crippen LogP contribution < -0.4 is 5.73 Å². The Morgan fingerprint density at radius 3 is 2.48 bits per heavy atom. The van der Waals surface area contributed by atoms with Crippen molar-refractivity contribution in [2.75, 3.05) is 13.1 Å². The van der Waals surface area contributed by atoms with Crippen molar-refractivity contribution in [1.82, 2.24) is 4.90 Å². The monoisotopic (exact) mass is 382 g/mol. The summed E-state index contributed by atoms with van der Waals surface area (Å²) in [6, 6.07) is 12.4. The van der Waals surface area contributed by atoms with E-state index in [1.54, 1.807) is 11.3 Å². The molecule has 0 radical (unpaired) electrons. The summed E-state index contributed by atoms with van der Waals surface area (Å²) in [6.07, 6.45) is 2.94. The summed E-state index contributed by atoms with van der Waals surface area (Å²) < 4.78 is 0. The topological polar surface area (TPSA) is 63.4 Å². The number of nitrogens with zero attached hydrogens (tertiary/aromatic N) is 1. The molecule has 1 aliphatic carbocycles. The Kier molecular flexibility index (Phi) is 4.81. The lowest BCUT2D eigenvalue weighted by atomic mass is 9.72. The molecule has 1 aromatic heterocycles. The summed E-state index contributed by atoms with van der Waals surface area (Å²) in [5, 5.41) is 2.07. The molecule has 0 unspecified atom stereocenters. The van der Waals surface area contributed by atoms with Crippen molar-refractivity contribution < 1.29 is 9.59 Å². The van der Waals surface area contributed by atoms with Crippen molar-refractivity contribution in [3.05, 3.63) is 47.3 Å². The van der Waals surface area contributed by atoms with Crippen LogP contribution in [0.5, 0.6) is 0 Å². The minimum absolute atomic E-state index is 0.200. The summed E-state index contributed by atoms with van der Waals surface area (Å²) in [5.41, 5.74) is 7.67. The van der Waals surface area contributed by atoms with Gasteiger partial charge >= 0.3 is 0 Å². The molecule has 2 heterocycles. The average molecular weight is 383 g/mol. The number of piperidine rings is 1. The molecule has 2 aliphatic rings. The third-order valence-corrected chi connectivity index (χ3v) is 7.22. The number of nitrogens with two attached hydrogens (primary N) is 1. The third kappa shape index (κ3) is 3.53. The molecule has 4 rings (SSSR count).